The summed E-state index contributed by atoms with van der Waals surface area (Å²) in [6, 6.07) is -0.977. The van der Waals surface area contributed by atoms with Gasteiger partial charge in [-0.2, -0.15) is 0 Å². The largest absolute Gasteiger partial charge is 0.483 e. The van der Waals surface area contributed by atoms with Gasteiger partial charge in [-0.25, -0.2) is 4.79 Å². The third-order valence-electron chi connectivity index (χ3n) is 5.88. The van der Waals surface area contributed by atoms with Crippen molar-refractivity contribution in [2.24, 2.45) is 5.41 Å². The van der Waals surface area contributed by atoms with Gasteiger partial charge in [-0.15, -0.1) is 0 Å². The van der Waals surface area contributed by atoms with E-state index in [-0.39, 0.29) is 36.2 Å². The molecule has 4 amide bonds. The SMILES string of the molecule is CN1CCC2(CC1)CCN(C(=O)CC1C(=O)N(C)C(=O)N1C)C2.O=CO. The van der Waals surface area contributed by atoms with Crippen molar-refractivity contribution >= 4 is 24.3 Å². The maximum absolute atomic E-state index is 12.6. The molecule has 0 aromatic rings. The van der Waals surface area contributed by atoms with Crippen LogP contribution in [0, 0.1) is 5.41 Å². The van der Waals surface area contributed by atoms with Crippen LogP contribution in [-0.4, -0.2) is 102 Å². The number of nitrogens with zero attached hydrogens (tertiary/aromatic N) is 4. The van der Waals surface area contributed by atoms with E-state index in [1.165, 1.54) is 11.9 Å². The first-order valence-electron chi connectivity index (χ1n) is 8.83. The Balaban J connectivity index is 0.000000758. The van der Waals surface area contributed by atoms with Crippen molar-refractivity contribution in [3.63, 3.8) is 0 Å². The molecule has 3 aliphatic heterocycles. The van der Waals surface area contributed by atoms with Crippen molar-refractivity contribution in [2.45, 2.75) is 31.7 Å². The molecule has 0 aromatic heterocycles. The number of likely N-dealkylation sites (tertiary alicyclic amines) is 2. The molecule has 1 spiro atoms. The molecule has 3 saturated heterocycles. The van der Waals surface area contributed by atoms with Gasteiger partial charge in [-0.3, -0.25) is 19.3 Å². The van der Waals surface area contributed by atoms with E-state index >= 15 is 0 Å². The van der Waals surface area contributed by atoms with Gasteiger partial charge in [0.2, 0.25) is 5.91 Å². The Bertz CT molecular complexity index is 574. The number of rotatable bonds is 2. The number of amides is 4. The highest BCUT2D eigenvalue weighted by molar-refractivity contribution is 6.05. The molecule has 26 heavy (non-hydrogen) atoms. The lowest BCUT2D eigenvalue weighted by atomic mass is 9.78. The van der Waals surface area contributed by atoms with Gasteiger partial charge in [-0.1, -0.05) is 0 Å². The Morgan fingerprint density at radius 2 is 1.69 bits per heavy atom. The fraction of sp³-hybridized carbons (Fsp3) is 0.765. The first-order chi connectivity index (χ1) is 12.2. The van der Waals surface area contributed by atoms with Crippen molar-refractivity contribution in [1.82, 2.24) is 19.6 Å². The second-order valence-electron chi connectivity index (χ2n) is 7.48. The molecule has 3 aliphatic rings. The summed E-state index contributed by atoms with van der Waals surface area (Å²) in [5.41, 5.74) is 0.264. The molecule has 1 unspecified atom stereocenters. The summed E-state index contributed by atoms with van der Waals surface area (Å²) in [5, 5.41) is 6.89. The molecule has 3 fully saturated rings. The number of urea groups is 1. The van der Waals surface area contributed by atoms with Crippen LogP contribution >= 0.6 is 0 Å². The molecule has 146 valence electrons. The van der Waals surface area contributed by atoms with Crippen molar-refractivity contribution in [3.05, 3.63) is 0 Å². The summed E-state index contributed by atoms with van der Waals surface area (Å²) in [7, 11) is 5.19. The first-order valence-corrected chi connectivity index (χ1v) is 8.83. The number of piperidine rings is 1. The molecule has 3 heterocycles. The van der Waals surface area contributed by atoms with Crippen molar-refractivity contribution in [2.75, 3.05) is 47.3 Å². The molecule has 0 bridgehead atoms. The summed E-state index contributed by atoms with van der Waals surface area (Å²) >= 11 is 0. The summed E-state index contributed by atoms with van der Waals surface area (Å²) in [6.45, 7) is 3.50. The van der Waals surface area contributed by atoms with Crippen molar-refractivity contribution in [3.8, 4) is 0 Å². The molecule has 9 nitrogen and oxygen atoms in total. The molecule has 0 radical (unpaired) electrons. The van der Waals surface area contributed by atoms with E-state index in [0.717, 1.165) is 50.3 Å². The molecule has 1 N–H and O–H groups in total. The second kappa shape index (κ2) is 8.03. The molecular formula is C17H28N4O5. The van der Waals surface area contributed by atoms with Crippen LogP contribution in [0.25, 0.3) is 0 Å². The maximum atomic E-state index is 12.6. The minimum absolute atomic E-state index is 0.00546. The average Bonchev–Trinajstić information content (AvgIpc) is 3.11. The number of likely N-dealkylation sites (N-methyl/N-ethyl adjacent to an activating group) is 2. The van der Waals surface area contributed by atoms with Crippen LogP contribution in [-0.2, 0) is 14.4 Å². The topological polar surface area (TPSA) is 101 Å². The standard InChI is InChI=1S/C16H26N4O3.CH2O2/c1-17-7-4-16(5-8-17)6-9-20(11-16)13(21)10-12-14(22)19(3)15(23)18(12)2;2-1-3/h12H,4-11H2,1-3H3;1H,(H,2,3). The molecule has 9 heteroatoms. The van der Waals surface area contributed by atoms with Gasteiger partial charge in [0.1, 0.15) is 6.04 Å². The van der Waals surface area contributed by atoms with E-state index in [0.29, 0.717) is 0 Å². The van der Waals surface area contributed by atoms with Gasteiger partial charge in [0.05, 0.1) is 6.42 Å². The number of carboxylic acid groups (broad SMARTS) is 1. The average molecular weight is 368 g/mol. The lowest BCUT2D eigenvalue weighted by Crippen LogP contribution is -2.42. The Hall–Kier alpha value is -2.16. The first kappa shape index (κ1) is 20.2. The predicted molar refractivity (Wildman–Crippen MR) is 93.4 cm³/mol. The van der Waals surface area contributed by atoms with Crippen LogP contribution in [0.5, 0.6) is 0 Å². The molecule has 3 rings (SSSR count). The Labute approximate surface area is 153 Å². The highest BCUT2D eigenvalue weighted by atomic mass is 16.3. The molecule has 0 saturated carbocycles. The minimum Gasteiger partial charge on any atom is -0.483 e. The van der Waals surface area contributed by atoms with Gasteiger partial charge in [-0.05, 0) is 44.8 Å². The summed E-state index contributed by atoms with van der Waals surface area (Å²) in [6.07, 6.45) is 3.43. The number of imide groups is 1. The zero-order valence-corrected chi connectivity index (χ0v) is 15.7. The summed E-state index contributed by atoms with van der Waals surface area (Å²) in [5.74, 6) is -0.284. The Kier molecular flexibility index (Phi) is 6.22. The zero-order valence-electron chi connectivity index (χ0n) is 15.7. The van der Waals surface area contributed by atoms with Gasteiger partial charge >= 0.3 is 6.03 Å². The van der Waals surface area contributed by atoms with Gasteiger partial charge in [0.25, 0.3) is 12.4 Å². The Morgan fingerprint density at radius 3 is 2.19 bits per heavy atom. The fourth-order valence-corrected chi connectivity index (χ4v) is 4.02. The van der Waals surface area contributed by atoms with E-state index in [1.54, 1.807) is 7.05 Å². The summed E-state index contributed by atoms with van der Waals surface area (Å²) < 4.78 is 0. The number of hydrogen-bond donors (Lipinski definition) is 1. The van der Waals surface area contributed by atoms with Crippen LogP contribution < -0.4 is 0 Å². The lowest BCUT2D eigenvalue weighted by Gasteiger charge is -2.37. The summed E-state index contributed by atoms with van der Waals surface area (Å²) in [4.78, 5) is 51.6. The normalized spacial score (nSPS) is 25.5. The molecule has 0 aromatic carbocycles. The third-order valence-corrected chi connectivity index (χ3v) is 5.88. The monoisotopic (exact) mass is 368 g/mol. The minimum atomic E-state index is -0.644. The van der Waals surface area contributed by atoms with Crippen LogP contribution in [0.15, 0.2) is 0 Å². The van der Waals surface area contributed by atoms with E-state index in [1.807, 2.05) is 4.90 Å². The third kappa shape index (κ3) is 3.98. The predicted octanol–water partition coefficient (Wildman–Crippen LogP) is -0.0860. The smallest absolute Gasteiger partial charge is 0.326 e. The Morgan fingerprint density at radius 1 is 1.15 bits per heavy atom. The number of hydrogen-bond acceptors (Lipinski definition) is 5. The fourth-order valence-electron chi connectivity index (χ4n) is 4.02. The van der Waals surface area contributed by atoms with Crippen LogP contribution in [0.1, 0.15) is 25.7 Å². The second-order valence-corrected chi connectivity index (χ2v) is 7.48. The van der Waals surface area contributed by atoms with Crippen molar-refractivity contribution in [1.29, 1.82) is 0 Å². The van der Waals surface area contributed by atoms with E-state index < -0.39 is 6.04 Å². The van der Waals surface area contributed by atoms with E-state index in [4.69, 9.17) is 9.90 Å². The quantitative estimate of drug-likeness (QED) is 0.540. The van der Waals surface area contributed by atoms with Crippen LogP contribution in [0.3, 0.4) is 0 Å². The van der Waals surface area contributed by atoms with E-state index in [9.17, 15) is 14.4 Å². The van der Waals surface area contributed by atoms with E-state index in [2.05, 4.69) is 11.9 Å². The highest BCUT2D eigenvalue weighted by Gasteiger charge is 2.45. The highest BCUT2D eigenvalue weighted by Crippen LogP contribution is 2.40. The van der Waals surface area contributed by atoms with Gasteiger partial charge in [0.15, 0.2) is 0 Å². The van der Waals surface area contributed by atoms with Crippen molar-refractivity contribution < 1.29 is 24.3 Å². The molecule has 1 atom stereocenters. The number of carbonyl (C=O) groups excluding carboxylic acids is 3. The maximum Gasteiger partial charge on any atom is 0.326 e. The van der Waals surface area contributed by atoms with Crippen LogP contribution in [0.2, 0.25) is 0 Å². The molecular weight excluding hydrogens is 340 g/mol. The van der Waals surface area contributed by atoms with Gasteiger partial charge in [0, 0.05) is 27.2 Å². The molecule has 0 aliphatic carbocycles. The lowest BCUT2D eigenvalue weighted by molar-refractivity contribution is -0.136. The number of carbonyl (C=O) groups is 4. The van der Waals surface area contributed by atoms with Gasteiger partial charge < -0.3 is 19.8 Å². The zero-order chi connectivity index (χ0) is 19.5. The van der Waals surface area contributed by atoms with Crippen LogP contribution in [0.4, 0.5) is 4.79 Å².